The van der Waals surface area contributed by atoms with E-state index in [2.05, 4.69) is 4.85 Å². The molecule has 1 aliphatic rings. The summed E-state index contributed by atoms with van der Waals surface area (Å²) >= 11 is 0. The predicted octanol–water partition coefficient (Wildman–Crippen LogP) is 1.51. The Balaban J connectivity index is 2.36. The fourth-order valence-corrected chi connectivity index (χ4v) is 2.25. The second-order valence-electron chi connectivity index (χ2n) is 4.40. The first-order chi connectivity index (χ1) is 8.08. The fourth-order valence-electron chi connectivity index (χ4n) is 2.25. The van der Waals surface area contributed by atoms with Crippen LogP contribution in [-0.4, -0.2) is 17.0 Å². The van der Waals surface area contributed by atoms with Gasteiger partial charge < -0.3 is 10.8 Å². The first kappa shape index (κ1) is 11.8. The van der Waals surface area contributed by atoms with Crippen LogP contribution in [0.25, 0.3) is 4.85 Å². The van der Waals surface area contributed by atoms with Gasteiger partial charge in [-0.25, -0.2) is 4.85 Å². The third-order valence-corrected chi connectivity index (χ3v) is 3.30. The molecule has 1 saturated carbocycles. The molecular formula is C13H14N2O2. The Kier molecular flexibility index (Phi) is 2.97. The Morgan fingerprint density at radius 2 is 2.06 bits per heavy atom. The minimum Gasteiger partial charge on any atom is -0.385 e. The van der Waals surface area contributed by atoms with Gasteiger partial charge in [-0.2, -0.15) is 0 Å². The zero-order chi connectivity index (χ0) is 12.5. The summed E-state index contributed by atoms with van der Waals surface area (Å²) in [6.07, 6.45) is 0.792. The molecule has 0 aliphatic heterocycles. The third-order valence-electron chi connectivity index (χ3n) is 3.30. The molecule has 1 fully saturated rings. The molecule has 0 aromatic heterocycles. The number of aliphatic hydroxyl groups excluding tert-OH is 1. The van der Waals surface area contributed by atoms with E-state index in [4.69, 9.17) is 12.3 Å². The fraction of sp³-hybridized carbons (Fsp3) is 0.385. The van der Waals surface area contributed by atoms with Crippen LogP contribution in [0.5, 0.6) is 0 Å². The topological polar surface area (TPSA) is 67.7 Å². The van der Waals surface area contributed by atoms with E-state index < -0.39 is 11.6 Å². The van der Waals surface area contributed by atoms with Crippen LogP contribution in [0.2, 0.25) is 0 Å². The summed E-state index contributed by atoms with van der Waals surface area (Å²) in [6.45, 7) is 6.87. The maximum absolute atomic E-state index is 12.0. The van der Waals surface area contributed by atoms with Gasteiger partial charge in [0.15, 0.2) is 11.5 Å². The average molecular weight is 230 g/mol. The van der Waals surface area contributed by atoms with Gasteiger partial charge in [0.05, 0.1) is 6.57 Å². The molecule has 17 heavy (non-hydrogen) atoms. The van der Waals surface area contributed by atoms with Gasteiger partial charge in [-0.15, -0.1) is 0 Å². The molecule has 2 rings (SSSR count). The lowest BCUT2D eigenvalue weighted by atomic mass is 9.75. The molecule has 0 heterocycles. The Morgan fingerprint density at radius 1 is 1.41 bits per heavy atom. The number of hydrogen-bond donors (Lipinski definition) is 2. The minimum atomic E-state index is -1.10. The molecule has 0 bridgehead atoms. The van der Waals surface area contributed by atoms with E-state index in [0.29, 0.717) is 24.1 Å². The van der Waals surface area contributed by atoms with E-state index in [1.807, 2.05) is 0 Å². The SMILES string of the molecule is [C-]#[N+]c1ccc(C2(N)CCCC(O)C2=O)cc1. The zero-order valence-electron chi connectivity index (χ0n) is 9.39. The van der Waals surface area contributed by atoms with Crippen molar-refractivity contribution in [3.63, 3.8) is 0 Å². The number of rotatable bonds is 1. The Morgan fingerprint density at radius 3 is 2.65 bits per heavy atom. The van der Waals surface area contributed by atoms with Crippen LogP contribution in [-0.2, 0) is 10.3 Å². The van der Waals surface area contributed by atoms with Crippen molar-refractivity contribution in [1.29, 1.82) is 0 Å². The number of nitrogens with zero attached hydrogens (tertiary/aromatic N) is 1. The number of carbonyl (C=O) groups excluding carboxylic acids is 1. The highest BCUT2D eigenvalue weighted by molar-refractivity contribution is 5.93. The van der Waals surface area contributed by atoms with Crippen molar-refractivity contribution in [3.05, 3.63) is 41.2 Å². The summed E-state index contributed by atoms with van der Waals surface area (Å²) in [6, 6.07) is 6.68. The molecule has 2 unspecified atom stereocenters. The van der Waals surface area contributed by atoms with Gasteiger partial charge in [-0.3, -0.25) is 4.79 Å². The molecular weight excluding hydrogens is 216 g/mol. The van der Waals surface area contributed by atoms with Crippen molar-refractivity contribution in [2.24, 2.45) is 5.73 Å². The molecule has 1 aromatic carbocycles. The first-order valence-electron chi connectivity index (χ1n) is 5.57. The van der Waals surface area contributed by atoms with Crippen LogP contribution in [0.3, 0.4) is 0 Å². The highest BCUT2D eigenvalue weighted by Crippen LogP contribution is 2.33. The normalized spacial score (nSPS) is 28.8. The van der Waals surface area contributed by atoms with Crippen molar-refractivity contribution >= 4 is 11.5 Å². The highest BCUT2D eigenvalue weighted by Gasteiger charge is 2.42. The monoisotopic (exact) mass is 230 g/mol. The molecule has 0 radical (unpaired) electrons. The summed E-state index contributed by atoms with van der Waals surface area (Å²) < 4.78 is 0. The van der Waals surface area contributed by atoms with Crippen LogP contribution >= 0.6 is 0 Å². The molecule has 4 heteroatoms. The van der Waals surface area contributed by atoms with E-state index in [0.717, 1.165) is 6.42 Å². The molecule has 0 amide bonds. The summed E-state index contributed by atoms with van der Waals surface area (Å²) in [5.74, 6) is -0.320. The molecule has 4 nitrogen and oxygen atoms in total. The quantitative estimate of drug-likeness (QED) is 0.718. The second kappa shape index (κ2) is 4.28. The summed E-state index contributed by atoms with van der Waals surface area (Å²) in [5, 5.41) is 9.60. The number of Topliss-reactive ketones (excluding diaryl/α,β-unsaturated/α-hetero) is 1. The lowest BCUT2D eigenvalue weighted by Gasteiger charge is -2.34. The maximum atomic E-state index is 12.0. The third kappa shape index (κ3) is 1.95. The molecule has 88 valence electrons. The second-order valence-corrected chi connectivity index (χ2v) is 4.40. The van der Waals surface area contributed by atoms with Gasteiger partial charge >= 0.3 is 0 Å². The lowest BCUT2D eigenvalue weighted by Crippen LogP contribution is -2.52. The van der Waals surface area contributed by atoms with Gasteiger partial charge in [0.25, 0.3) is 0 Å². The highest BCUT2D eigenvalue weighted by atomic mass is 16.3. The van der Waals surface area contributed by atoms with Gasteiger partial charge in [0, 0.05) is 0 Å². The molecule has 2 atom stereocenters. The molecule has 3 N–H and O–H groups in total. The molecule has 0 saturated heterocycles. The summed E-state index contributed by atoms with van der Waals surface area (Å²) in [4.78, 5) is 15.3. The number of ketones is 1. The zero-order valence-corrected chi connectivity index (χ0v) is 9.39. The van der Waals surface area contributed by atoms with E-state index >= 15 is 0 Å². The number of hydrogen-bond acceptors (Lipinski definition) is 3. The number of aliphatic hydroxyl groups is 1. The van der Waals surface area contributed by atoms with Crippen molar-refractivity contribution in [3.8, 4) is 0 Å². The first-order valence-corrected chi connectivity index (χ1v) is 5.57. The van der Waals surface area contributed by atoms with Crippen molar-refractivity contribution in [2.75, 3.05) is 0 Å². The van der Waals surface area contributed by atoms with Gasteiger partial charge in [0.2, 0.25) is 0 Å². The average Bonchev–Trinajstić information content (AvgIpc) is 2.36. The maximum Gasteiger partial charge on any atom is 0.187 e. The van der Waals surface area contributed by atoms with Gasteiger partial charge in [0.1, 0.15) is 11.6 Å². The van der Waals surface area contributed by atoms with Gasteiger partial charge in [-0.05, 0) is 24.8 Å². The lowest BCUT2D eigenvalue weighted by molar-refractivity contribution is -0.136. The van der Waals surface area contributed by atoms with Gasteiger partial charge in [-0.1, -0.05) is 24.3 Å². The van der Waals surface area contributed by atoms with E-state index in [-0.39, 0.29) is 5.78 Å². The Bertz CT molecular complexity index is 475. The standard InChI is InChI=1S/C13H14N2O2/c1-15-10-6-4-9(5-7-10)13(14)8-2-3-11(16)12(13)17/h4-7,11,16H,2-3,8,14H2. The van der Waals surface area contributed by atoms with Crippen LogP contribution in [0, 0.1) is 6.57 Å². The predicted molar refractivity (Wildman–Crippen MR) is 63.4 cm³/mol. The van der Waals surface area contributed by atoms with E-state index in [1.54, 1.807) is 24.3 Å². The van der Waals surface area contributed by atoms with Crippen molar-refractivity contribution < 1.29 is 9.90 Å². The Hall–Kier alpha value is -1.70. The molecule has 0 spiro atoms. The van der Waals surface area contributed by atoms with Crippen LogP contribution in [0.15, 0.2) is 24.3 Å². The Labute approximate surface area is 99.9 Å². The summed E-state index contributed by atoms with van der Waals surface area (Å²) in [5.41, 5.74) is 6.21. The molecule has 1 aliphatic carbocycles. The number of nitrogens with two attached hydrogens (primary N) is 1. The van der Waals surface area contributed by atoms with Crippen molar-refractivity contribution in [2.45, 2.75) is 30.9 Å². The minimum absolute atomic E-state index is 0.320. The van der Waals surface area contributed by atoms with E-state index in [9.17, 15) is 9.90 Å². The largest absolute Gasteiger partial charge is 0.385 e. The van der Waals surface area contributed by atoms with Crippen LogP contribution in [0.4, 0.5) is 5.69 Å². The van der Waals surface area contributed by atoms with Crippen molar-refractivity contribution in [1.82, 2.24) is 0 Å². The van der Waals surface area contributed by atoms with Crippen LogP contribution < -0.4 is 5.73 Å². The smallest absolute Gasteiger partial charge is 0.187 e. The number of carbonyl (C=O) groups is 1. The molecule has 1 aromatic rings. The number of benzene rings is 1. The summed E-state index contributed by atoms with van der Waals surface area (Å²) in [7, 11) is 0. The van der Waals surface area contributed by atoms with Crippen LogP contribution in [0.1, 0.15) is 24.8 Å². The van der Waals surface area contributed by atoms with E-state index in [1.165, 1.54) is 0 Å².